The zero-order valence-electron chi connectivity index (χ0n) is 17.6. The van der Waals surface area contributed by atoms with Crippen molar-refractivity contribution in [2.75, 3.05) is 38.6 Å². The molecule has 3 rings (SSSR count). The molecule has 1 N–H and O–H groups in total. The Morgan fingerprint density at radius 3 is 2.29 bits per heavy atom. The predicted molar refractivity (Wildman–Crippen MR) is 123 cm³/mol. The summed E-state index contributed by atoms with van der Waals surface area (Å²) >= 11 is 12.0. The quantitative estimate of drug-likeness (QED) is 0.675. The smallest absolute Gasteiger partial charge is 0.243 e. The molecule has 1 atom stereocenters. The zero-order valence-corrected chi connectivity index (χ0v) is 19.9. The lowest BCUT2D eigenvalue weighted by molar-refractivity contribution is -0.121. The predicted octanol–water partition coefficient (Wildman–Crippen LogP) is 3.64. The molecule has 0 bridgehead atoms. The minimum absolute atomic E-state index is 0.200. The second-order valence-corrected chi connectivity index (χ2v) is 10.1. The van der Waals surface area contributed by atoms with E-state index in [1.54, 1.807) is 31.2 Å². The van der Waals surface area contributed by atoms with Gasteiger partial charge < -0.3 is 10.1 Å². The van der Waals surface area contributed by atoms with Gasteiger partial charge in [0.1, 0.15) is 5.75 Å². The van der Waals surface area contributed by atoms with Crippen LogP contribution in [0.25, 0.3) is 0 Å². The monoisotopic (exact) mass is 485 g/mol. The number of methoxy groups -OCH3 is 1. The lowest BCUT2D eigenvalue weighted by atomic mass is 10.1. The standard InChI is InChI=1S/C21H25Cl2N3O4S/c1-14-12-19(20(30-3)13-18(14)23)24-21(27)15(2)25-8-10-26(11-9-25)31(28,29)17-6-4-16(22)5-7-17/h4-7,12-13,15H,8-11H2,1-3H3,(H,24,27). The maximum absolute atomic E-state index is 12.8. The number of anilines is 1. The van der Waals surface area contributed by atoms with E-state index in [0.29, 0.717) is 47.7 Å². The van der Waals surface area contributed by atoms with E-state index in [1.165, 1.54) is 23.5 Å². The molecule has 7 nitrogen and oxygen atoms in total. The first-order valence-corrected chi connectivity index (χ1v) is 12.0. The molecule has 1 fully saturated rings. The van der Waals surface area contributed by atoms with Crippen LogP contribution in [-0.2, 0) is 14.8 Å². The van der Waals surface area contributed by atoms with Crippen LogP contribution in [0.3, 0.4) is 0 Å². The molecule has 1 amide bonds. The van der Waals surface area contributed by atoms with Crippen molar-refractivity contribution in [1.29, 1.82) is 0 Å². The largest absolute Gasteiger partial charge is 0.495 e. The lowest BCUT2D eigenvalue weighted by Crippen LogP contribution is -2.53. The van der Waals surface area contributed by atoms with Gasteiger partial charge >= 0.3 is 0 Å². The number of ether oxygens (including phenoxy) is 1. The van der Waals surface area contributed by atoms with Crippen LogP contribution < -0.4 is 10.1 Å². The summed E-state index contributed by atoms with van der Waals surface area (Å²) in [6.07, 6.45) is 0. The van der Waals surface area contributed by atoms with E-state index >= 15 is 0 Å². The number of sulfonamides is 1. The highest BCUT2D eigenvalue weighted by atomic mass is 35.5. The van der Waals surface area contributed by atoms with Crippen molar-refractivity contribution in [1.82, 2.24) is 9.21 Å². The fourth-order valence-electron chi connectivity index (χ4n) is 3.42. The minimum atomic E-state index is -3.60. The van der Waals surface area contributed by atoms with Crippen molar-refractivity contribution in [2.24, 2.45) is 0 Å². The Hall–Kier alpha value is -1.84. The first kappa shape index (κ1) is 23.8. The van der Waals surface area contributed by atoms with Gasteiger partial charge in [-0.25, -0.2) is 8.42 Å². The van der Waals surface area contributed by atoms with Crippen molar-refractivity contribution >= 4 is 44.8 Å². The Morgan fingerprint density at radius 2 is 1.71 bits per heavy atom. The fourth-order valence-corrected chi connectivity index (χ4v) is 5.12. The van der Waals surface area contributed by atoms with Crippen molar-refractivity contribution in [3.8, 4) is 5.75 Å². The van der Waals surface area contributed by atoms with E-state index in [4.69, 9.17) is 27.9 Å². The zero-order chi connectivity index (χ0) is 22.8. The van der Waals surface area contributed by atoms with Crippen molar-refractivity contribution in [3.63, 3.8) is 0 Å². The summed E-state index contributed by atoms with van der Waals surface area (Å²) < 4.78 is 32.4. The molecule has 2 aromatic carbocycles. The Kier molecular flexibility index (Phi) is 7.49. The summed E-state index contributed by atoms with van der Waals surface area (Å²) in [6, 6.07) is 9.11. The number of aryl methyl sites for hydroxylation is 1. The van der Waals surface area contributed by atoms with Gasteiger partial charge in [-0.1, -0.05) is 23.2 Å². The molecule has 1 saturated heterocycles. The van der Waals surface area contributed by atoms with Gasteiger partial charge in [-0.05, 0) is 49.7 Å². The van der Waals surface area contributed by atoms with Gasteiger partial charge in [-0.15, -0.1) is 0 Å². The highest BCUT2D eigenvalue weighted by Crippen LogP contribution is 2.31. The van der Waals surface area contributed by atoms with E-state index < -0.39 is 16.1 Å². The third-order valence-corrected chi connectivity index (χ3v) is 7.96. The Bertz CT molecular complexity index is 1050. The number of rotatable bonds is 6. The van der Waals surface area contributed by atoms with E-state index in [2.05, 4.69) is 5.32 Å². The van der Waals surface area contributed by atoms with Crippen LogP contribution in [0.2, 0.25) is 10.0 Å². The molecular weight excluding hydrogens is 461 g/mol. The lowest BCUT2D eigenvalue weighted by Gasteiger charge is -2.36. The molecule has 31 heavy (non-hydrogen) atoms. The molecule has 1 aliphatic heterocycles. The number of hydrogen-bond acceptors (Lipinski definition) is 5. The maximum Gasteiger partial charge on any atom is 0.243 e. The molecule has 0 spiro atoms. The van der Waals surface area contributed by atoms with Gasteiger partial charge in [-0.3, -0.25) is 9.69 Å². The van der Waals surface area contributed by atoms with E-state index in [-0.39, 0.29) is 10.8 Å². The minimum Gasteiger partial charge on any atom is -0.495 e. The third kappa shape index (κ3) is 5.32. The van der Waals surface area contributed by atoms with Crippen LogP contribution in [0.15, 0.2) is 41.3 Å². The second kappa shape index (κ2) is 9.75. The second-order valence-electron chi connectivity index (χ2n) is 7.36. The summed E-state index contributed by atoms with van der Waals surface area (Å²) in [6.45, 7) is 5.13. The van der Waals surface area contributed by atoms with Crippen LogP contribution in [0.5, 0.6) is 5.75 Å². The average Bonchev–Trinajstić information content (AvgIpc) is 2.76. The van der Waals surface area contributed by atoms with Crippen molar-refractivity contribution in [3.05, 3.63) is 52.0 Å². The van der Waals surface area contributed by atoms with Gasteiger partial charge in [0, 0.05) is 42.3 Å². The first-order chi connectivity index (χ1) is 14.6. The fraction of sp³-hybridized carbons (Fsp3) is 0.381. The molecule has 2 aromatic rings. The van der Waals surface area contributed by atoms with Crippen LogP contribution >= 0.6 is 23.2 Å². The number of amides is 1. The first-order valence-electron chi connectivity index (χ1n) is 9.78. The van der Waals surface area contributed by atoms with Crippen LogP contribution in [0.4, 0.5) is 5.69 Å². The normalized spacial score (nSPS) is 16.7. The maximum atomic E-state index is 12.8. The number of piperazine rings is 1. The van der Waals surface area contributed by atoms with Gasteiger partial charge in [0.05, 0.1) is 23.7 Å². The average molecular weight is 486 g/mol. The number of nitrogens with zero attached hydrogens (tertiary/aromatic N) is 2. The molecule has 1 heterocycles. The number of nitrogens with one attached hydrogen (secondary N) is 1. The SMILES string of the molecule is COc1cc(Cl)c(C)cc1NC(=O)C(C)N1CCN(S(=O)(=O)c2ccc(Cl)cc2)CC1. The number of carbonyl (C=O) groups excluding carboxylic acids is 1. The molecule has 0 aromatic heterocycles. The molecule has 10 heteroatoms. The van der Waals surface area contributed by atoms with Crippen molar-refractivity contribution < 1.29 is 17.9 Å². The number of carbonyl (C=O) groups is 1. The summed E-state index contributed by atoms with van der Waals surface area (Å²) in [7, 11) is -2.08. The van der Waals surface area contributed by atoms with E-state index in [0.717, 1.165) is 5.56 Å². The number of hydrogen-bond donors (Lipinski definition) is 1. The summed E-state index contributed by atoms with van der Waals surface area (Å²) in [4.78, 5) is 15.0. The Labute approximate surface area is 192 Å². The van der Waals surface area contributed by atoms with Gasteiger partial charge in [0.15, 0.2) is 0 Å². The van der Waals surface area contributed by atoms with Crippen LogP contribution in [0.1, 0.15) is 12.5 Å². The van der Waals surface area contributed by atoms with Gasteiger partial charge in [-0.2, -0.15) is 4.31 Å². The molecule has 168 valence electrons. The molecule has 0 aliphatic carbocycles. The number of halogens is 2. The van der Waals surface area contributed by atoms with E-state index in [1.807, 2.05) is 11.8 Å². The van der Waals surface area contributed by atoms with E-state index in [9.17, 15) is 13.2 Å². The molecular formula is C21H25Cl2N3O4S. The summed E-state index contributed by atoms with van der Waals surface area (Å²) in [5, 5.41) is 3.93. The molecule has 0 radical (unpaired) electrons. The number of benzene rings is 2. The van der Waals surface area contributed by atoms with Crippen molar-refractivity contribution in [2.45, 2.75) is 24.8 Å². The molecule has 1 aliphatic rings. The molecule has 0 saturated carbocycles. The van der Waals surface area contributed by atoms with Crippen LogP contribution in [-0.4, -0.2) is 62.9 Å². The highest BCUT2D eigenvalue weighted by molar-refractivity contribution is 7.89. The summed E-state index contributed by atoms with van der Waals surface area (Å²) in [5.74, 6) is 0.282. The molecule has 1 unspecified atom stereocenters. The summed E-state index contributed by atoms with van der Waals surface area (Å²) in [5.41, 5.74) is 1.37. The topological polar surface area (TPSA) is 79.0 Å². The van der Waals surface area contributed by atoms with Gasteiger partial charge in [0.2, 0.25) is 15.9 Å². The van der Waals surface area contributed by atoms with Crippen LogP contribution in [0, 0.1) is 6.92 Å². The Morgan fingerprint density at radius 1 is 1.10 bits per heavy atom. The van der Waals surface area contributed by atoms with Gasteiger partial charge in [0.25, 0.3) is 0 Å². The highest BCUT2D eigenvalue weighted by Gasteiger charge is 2.32. The third-order valence-electron chi connectivity index (χ3n) is 5.39. The Balaban J connectivity index is 1.63.